The first-order valence-electron chi connectivity index (χ1n) is 6.16. The van der Waals surface area contributed by atoms with Gasteiger partial charge in [-0.15, -0.1) is 0 Å². The van der Waals surface area contributed by atoms with Gasteiger partial charge in [0.1, 0.15) is 11.5 Å². The molecule has 2 N–H and O–H groups in total. The predicted molar refractivity (Wildman–Crippen MR) is 62.7 cm³/mol. The van der Waals surface area contributed by atoms with E-state index >= 15 is 0 Å². The van der Waals surface area contributed by atoms with Crippen molar-refractivity contribution in [1.82, 2.24) is 25.3 Å². The van der Waals surface area contributed by atoms with E-state index in [4.69, 9.17) is 0 Å². The van der Waals surface area contributed by atoms with Crippen molar-refractivity contribution in [1.29, 1.82) is 0 Å². The van der Waals surface area contributed by atoms with Gasteiger partial charge in [-0.3, -0.25) is 10.2 Å². The third kappa shape index (κ3) is 1.92. The number of urea groups is 1. The highest BCUT2D eigenvalue weighted by Gasteiger charge is 2.23. The molecule has 2 aliphatic rings. The molecular formula is C11H15N5O2. The highest BCUT2D eigenvalue weighted by atomic mass is 16.2. The van der Waals surface area contributed by atoms with E-state index in [1.165, 1.54) is 5.01 Å². The van der Waals surface area contributed by atoms with Gasteiger partial charge >= 0.3 is 6.03 Å². The minimum Gasteiger partial charge on any atom is -0.336 e. The number of hydrogen-bond acceptors (Lipinski definition) is 3. The fraction of sp³-hybridized carbons (Fsp3) is 0.545. The molecule has 0 unspecified atom stereocenters. The van der Waals surface area contributed by atoms with Crippen LogP contribution in [0.3, 0.4) is 0 Å². The summed E-state index contributed by atoms with van der Waals surface area (Å²) in [5, 5.41) is 3.98. The van der Waals surface area contributed by atoms with E-state index in [-0.39, 0.29) is 11.9 Å². The molecule has 0 saturated carbocycles. The highest BCUT2D eigenvalue weighted by molar-refractivity contribution is 5.93. The van der Waals surface area contributed by atoms with Crippen molar-refractivity contribution in [2.24, 2.45) is 0 Å². The van der Waals surface area contributed by atoms with E-state index in [1.54, 1.807) is 6.20 Å². The van der Waals surface area contributed by atoms with Crippen molar-refractivity contribution in [3.8, 4) is 0 Å². The lowest BCUT2D eigenvalue weighted by molar-refractivity contribution is 0.0804. The maximum Gasteiger partial charge on any atom is 0.336 e. The molecule has 3 amide bonds. The van der Waals surface area contributed by atoms with E-state index in [2.05, 4.69) is 15.7 Å². The molecule has 7 heteroatoms. The standard InChI is InChI=1S/C11H15N5O2/c17-10(14-16-6-2-4-12-11(16)18)8-7-15-5-1-3-9(15)13-8/h7H,1-6H2,(H,12,18)(H,14,17). The molecule has 1 saturated heterocycles. The monoisotopic (exact) mass is 249 g/mol. The molecule has 7 nitrogen and oxygen atoms in total. The number of carbonyl (C=O) groups excluding carboxylic acids is 2. The van der Waals surface area contributed by atoms with Crippen LogP contribution in [0.1, 0.15) is 29.2 Å². The Morgan fingerprint density at radius 1 is 1.39 bits per heavy atom. The van der Waals surface area contributed by atoms with Crippen LogP contribution in [0.25, 0.3) is 0 Å². The van der Waals surface area contributed by atoms with Gasteiger partial charge in [-0.2, -0.15) is 0 Å². The van der Waals surface area contributed by atoms with Crippen LogP contribution in [0.5, 0.6) is 0 Å². The molecule has 18 heavy (non-hydrogen) atoms. The average molecular weight is 249 g/mol. The third-order valence-corrected chi connectivity index (χ3v) is 3.21. The number of fused-ring (bicyclic) bond motifs is 1. The van der Waals surface area contributed by atoms with Gasteiger partial charge in [0.2, 0.25) is 0 Å². The molecule has 0 aromatic carbocycles. The second kappa shape index (κ2) is 4.32. The maximum atomic E-state index is 12.0. The lowest BCUT2D eigenvalue weighted by atomic mass is 10.3. The molecular weight excluding hydrogens is 234 g/mol. The Morgan fingerprint density at radius 2 is 2.28 bits per heavy atom. The van der Waals surface area contributed by atoms with Crippen molar-refractivity contribution in [2.45, 2.75) is 25.8 Å². The number of nitrogens with zero attached hydrogens (tertiary/aromatic N) is 3. The van der Waals surface area contributed by atoms with Crippen molar-refractivity contribution in [3.63, 3.8) is 0 Å². The van der Waals surface area contributed by atoms with Crippen LogP contribution in [0, 0.1) is 0 Å². The number of amides is 3. The molecule has 0 spiro atoms. The molecule has 3 heterocycles. The Kier molecular flexibility index (Phi) is 2.66. The summed E-state index contributed by atoms with van der Waals surface area (Å²) < 4.78 is 1.99. The predicted octanol–water partition coefficient (Wildman–Crippen LogP) is -0.111. The van der Waals surface area contributed by atoms with Crippen molar-refractivity contribution >= 4 is 11.9 Å². The number of nitrogens with one attached hydrogen (secondary N) is 2. The SMILES string of the molecule is O=C(NN1CCCNC1=O)c1cn2c(n1)CCC2. The number of rotatable bonds is 2. The van der Waals surface area contributed by atoms with E-state index in [0.29, 0.717) is 18.8 Å². The Labute approximate surface area is 104 Å². The molecule has 0 atom stereocenters. The fourth-order valence-electron chi connectivity index (χ4n) is 2.28. The molecule has 1 fully saturated rings. The number of imidazole rings is 1. The van der Waals surface area contributed by atoms with Crippen LogP contribution >= 0.6 is 0 Å². The molecule has 3 rings (SSSR count). The highest BCUT2D eigenvalue weighted by Crippen LogP contribution is 2.14. The molecule has 0 aliphatic carbocycles. The average Bonchev–Trinajstić information content (AvgIpc) is 2.92. The second-order valence-electron chi connectivity index (χ2n) is 4.52. The summed E-state index contributed by atoms with van der Waals surface area (Å²) in [6.07, 6.45) is 4.57. The van der Waals surface area contributed by atoms with Gasteiger partial charge in [0.25, 0.3) is 5.91 Å². The summed E-state index contributed by atoms with van der Waals surface area (Å²) in [4.78, 5) is 27.7. The van der Waals surface area contributed by atoms with Crippen LogP contribution in [-0.4, -0.2) is 39.6 Å². The molecule has 1 aromatic rings. The number of carbonyl (C=O) groups is 2. The zero-order chi connectivity index (χ0) is 12.5. The summed E-state index contributed by atoms with van der Waals surface area (Å²) in [7, 11) is 0. The lowest BCUT2D eigenvalue weighted by Gasteiger charge is -2.27. The topological polar surface area (TPSA) is 79.3 Å². The molecule has 0 radical (unpaired) electrons. The maximum absolute atomic E-state index is 12.0. The van der Waals surface area contributed by atoms with E-state index in [9.17, 15) is 9.59 Å². The molecule has 2 aliphatic heterocycles. The van der Waals surface area contributed by atoms with Gasteiger partial charge in [-0.05, 0) is 12.8 Å². The largest absolute Gasteiger partial charge is 0.336 e. The van der Waals surface area contributed by atoms with E-state index in [0.717, 1.165) is 31.6 Å². The van der Waals surface area contributed by atoms with Crippen LogP contribution in [0.2, 0.25) is 0 Å². The lowest BCUT2D eigenvalue weighted by Crippen LogP contribution is -2.54. The van der Waals surface area contributed by atoms with Crippen LogP contribution in [0.4, 0.5) is 4.79 Å². The van der Waals surface area contributed by atoms with Crippen LogP contribution in [0.15, 0.2) is 6.20 Å². The molecule has 96 valence electrons. The first-order valence-corrected chi connectivity index (χ1v) is 6.16. The zero-order valence-corrected chi connectivity index (χ0v) is 9.98. The molecule has 1 aromatic heterocycles. The minimum atomic E-state index is -0.325. The summed E-state index contributed by atoms with van der Waals surface area (Å²) in [6.45, 7) is 2.11. The van der Waals surface area contributed by atoms with E-state index < -0.39 is 0 Å². The Hall–Kier alpha value is -2.05. The second-order valence-corrected chi connectivity index (χ2v) is 4.52. The Morgan fingerprint density at radius 3 is 3.06 bits per heavy atom. The first-order chi connectivity index (χ1) is 8.74. The minimum absolute atomic E-state index is 0.263. The summed E-state index contributed by atoms with van der Waals surface area (Å²) in [6, 6.07) is -0.263. The van der Waals surface area contributed by atoms with Crippen LogP contribution < -0.4 is 10.7 Å². The zero-order valence-electron chi connectivity index (χ0n) is 9.98. The first kappa shape index (κ1) is 11.1. The normalized spacial score (nSPS) is 18.4. The number of aromatic nitrogens is 2. The van der Waals surface area contributed by atoms with Crippen LogP contribution in [-0.2, 0) is 13.0 Å². The third-order valence-electron chi connectivity index (χ3n) is 3.21. The number of aryl methyl sites for hydroxylation is 2. The van der Waals surface area contributed by atoms with Crippen molar-refractivity contribution < 1.29 is 9.59 Å². The van der Waals surface area contributed by atoms with Gasteiger partial charge in [0.05, 0.1) is 0 Å². The van der Waals surface area contributed by atoms with Gasteiger partial charge in [0.15, 0.2) is 0 Å². The van der Waals surface area contributed by atoms with E-state index in [1.807, 2.05) is 4.57 Å². The summed E-state index contributed by atoms with van der Waals surface area (Å²) >= 11 is 0. The van der Waals surface area contributed by atoms with Gasteiger partial charge in [-0.25, -0.2) is 14.8 Å². The van der Waals surface area contributed by atoms with Crippen molar-refractivity contribution in [2.75, 3.05) is 13.1 Å². The summed E-state index contributed by atoms with van der Waals surface area (Å²) in [5.74, 6) is 0.622. The number of hydrazine groups is 1. The van der Waals surface area contributed by atoms with Gasteiger partial charge in [0, 0.05) is 32.3 Å². The van der Waals surface area contributed by atoms with Gasteiger partial charge in [-0.1, -0.05) is 0 Å². The van der Waals surface area contributed by atoms with Crippen molar-refractivity contribution in [3.05, 3.63) is 17.7 Å². The fourth-order valence-corrected chi connectivity index (χ4v) is 2.28. The van der Waals surface area contributed by atoms with Gasteiger partial charge < -0.3 is 9.88 Å². The Balaban J connectivity index is 1.68. The smallest absolute Gasteiger partial charge is 0.336 e. The Bertz CT molecular complexity index is 474. The summed E-state index contributed by atoms with van der Waals surface area (Å²) in [5.41, 5.74) is 2.96. The molecule has 0 bridgehead atoms. The quantitative estimate of drug-likeness (QED) is 0.767. The number of hydrogen-bond donors (Lipinski definition) is 2.